The zero-order valence-corrected chi connectivity index (χ0v) is 18.0. The van der Waals surface area contributed by atoms with Gasteiger partial charge in [-0.15, -0.1) is 0 Å². The van der Waals surface area contributed by atoms with E-state index >= 15 is 4.39 Å². The van der Waals surface area contributed by atoms with Crippen LogP contribution in [0.2, 0.25) is 0 Å². The van der Waals surface area contributed by atoms with Crippen molar-refractivity contribution in [2.45, 2.75) is 51.9 Å². The molecule has 174 valence electrons. The lowest BCUT2D eigenvalue weighted by atomic mass is 9.99. The van der Waals surface area contributed by atoms with Gasteiger partial charge < -0.3 is 15.3 Å². The first kappa shape index (κ1) is 23.7. The van der Waals surface area contributed by atoms with Gasteiger partial charge in [0.05, 0.1) is 11.6 Å². The molecule has 1 saturated heterocycles. The van der Waals surface area contributed by atoms with Crippen LogP contribution in [0.3, 0.4) is 0 Å². The number of halogens is 4. The Balaban J connectivity index is 1.90. The Bertz CT molecular complexity index is 950. The van der Waals surface area contributed by atoms with Crippen LogP contribution in [0.5, 0.6) is 0 Å². The van der Waals surface area contributed by atoms with E-state index in [0.717, 1.165) is 18.5 Å². The Morgan fingerprint density at radius 1 is 1.25 bits per heavy atom. The maximum Gasteiger partial charge on any atom is 0.416 e. The number of benzene rings is 1. The zero-order valence-electron chi connectivity index (χ0n) is 18.0. The number of nitrogens with zero attached hydrogens (tertiary/aromatic N) is 3. The predicted octanol–water partition coefficient (Wildman–Crippen LogP) is 5.13. The summed E-state index contributed by atoms with van der Waals surface area (Å²) in [6.07, 6.45) is -2.38. The highest BCUT2D eigenvalue weighted by atomic mass is 19.4. The number of rotatable bonds is 7. The van der Waals surface area contributed by atoms with Gasteiger partial charge in [-0.05, 0) is 42.4 Å². The third kappa shape index (κ3) is 5.28. The molecule has 1 aliphatic rings. The van der Waals surface area contributed by atoms with Crippen molar-refractivity contribution in [3.05, 3.63) is 47.5 Å². The molecule has 0 bridgehead atoms. The fourth-order valence-electron chi connectivity index (χ4n) is 4.01. The van der Waals surface area contributed by atoms with Crippen LogP contribution in [0.15, 0.2) is 30.6 Å². The Hall–Kier alpha value is -2.91. The smallest absolute Gasteiger partial charge is 0.416 e. The van der Waals surface area contributed by atoms with E-state index in [1.165, 1.54) is 12.1 Å². The van der Waals surface area contributed by atoms with Gasteiger partial charge in [-0.1, -0.05) is 32.9 Å². The van der Waals surface area contributed by atoms with Gasteiger partial charge in [-0.2, -0.15) is 17.6 Å². The summed E-state index contributed by atoms with van der Waals surface area (Å²) in [6, 6.07) is 3.46. The molecule has 3 unspecified atom stereocenters. The maximum absolute atomic E-state index is 15.4. The molecule has 2 heterocycles. The second-order valence-corrected chi connectivity index (χ2v) is 8.65. The van der Waals surface area contributed by atoms with Crippen molar-refractivity contribution in [1.29, 1.82) is 0 Å². The number of hydrogen-bond donors (Lipinski definition) is 2. The number of hydrogen-bond acceptors (Lipinski definition) is 5. The van der Waals surface area contributed by atoms with E-state index in [4.69, 9.17) is 0 Å². The molecule has 0 aliphatic carbocycles. The largest absolute Gasteiger partial charge is 0.480 e. The quantitative estimate of drug-likeness (QED) is 0.565. The van der Waals surface area contributed by atoms with Crippen LogP contribution in [-0.4, -0.2) is 33.6 Å². The van der Waals surface area contributed by atoms with Crippen LogP contribution in [0.25, 0.3) is 0 Å². The Morgan fingerprint density at radius 2 is 1.91 bits per heavy atom. The molecule has 0 amide bonds. The molecule has 10 heteroatoms. The van der Waals surface area contributed by atoms with E-state index in [0.29, 0.717) is 18.5 Å². The normalized spacial score (nSPS) is 19.9. The van der Waals surface area contributed by atoms with Crippen molar-refractivity contribution in [1.82, 2.24) is 9.97 Å². The molecule has 6 nitrogen and oxygen atoms in total. The highest BCUT2D eigenvalue weighted by Gasteiger charge is 2.36. The lowest BCUT2D eigenvalue weighted by molar-refractivity contribution is -0.138. The minimum Gasteiger partial charge on any atom is -0.480 e. The van der Waals surface area contributed by atoms with E-state index in [1.807, 2.05) is 20.8 Å². The van der Waals surface area contributed by atoms with Gasteiger partial charge >= 0.3 is 12.1 Å². The molecule has 32 heavy (non-hydrogen) atoms. The van der Waals surface area contributed by atoms with E-state index in [2.05, 4.69) is 15.3 Å². The summed E-state index contributed by atoms with van der Waals surface area (Å²) in [6.45, 7) is 6.14. The van der Waals surface area contributed by atoms with Crippen molar-refractivity contribution >= 4 is 17.6 Å². The van der Waals surface area contributed by atoms with Gasteiger partial charge in [0, 0.05) is 6.54 Å². The van der Waals surface area contributed by atoms with Crippen LogP contribution in [0, 0.1) is 17.7 Å². The van der Waals surface area contributed by atoms with Crippen molar-refractivity contribution < 1.29 is 27.5 Å². The molecule has 1 aliphatic heterocycles. The van der Waals surface area contributed by atoms with Crippen molar-refractivity contribution in [2.75, 3.05) is 16.8 Å². The minimum absolute atomic E-state index is 0.00886. The first-order chi connectivity index (χ1) is 15.0. The van der Waals surface area contributed by atoms with Gasteiger partial charge in [-0.3, -0.25) is 0 Å². The maximum atomic E-state index is 15.4. The third-order valence-corrected chi connectivity index (χ3v) is 5.49. The summed E-state index contributed by atoms with van der Waals surface area (Å²) in [5.41, 5.74) is -0.124. The average molecular weight is 454 g/mol. The lowest BCUT2D eigenvalue weighted by Crippen LogP contribution is -2.32. The Morgan fingerprint density at radius 3 is 2.47 bits per heavy atom. The molecule has 0 spiro atoms. The molecular weight excluding hydrogens is 428 g/mol. The number of carboxylic acids is 1. The van der Waals surface area contributed by atoms with Gasteiger partial charge in [-0.25, -0.2) is 14.8 Å². The minimum atomic E-state index is -4.43. The second-order valence-electron chi connectivity index (χ2n) is 8.65. The third-order valence-electron chi connectivity index (χ3n) is 5.49. The first-order valence-corrected chi connectivity index (χ1v) is 10.4. The standard InChI is InChI=1S/C22H26F4N4O2/c1-12(2)8-16(21(31)32)29-19-18(23)20(28-11-27-19)30-10-13(3)9-17(30)14-4-6-15(7-5-14)22(24,25)26/h4-7,11-13,16-17H,8-10H2,1-3H3,(H,31,32)(H,27,28,29). The summed E-state index contributed by atoms with van der Waals surface area (Å²) in [4.78, 5) is 21.2. The topological polar surface area (TPSA) is 78.4 Å². The predicted molar refractivity (Wildman–Crippen MR) is 112 cm³/mol. The zero-order chi connectivity index (χ0) is 23.6. The molecule has 0 saturated carbocycles. The van der Waals surface area contributed by atoms with E-state index in [-0.39, 0.29) is 35.9 Å². The number of anilines is 2. The molecule has 1 aromatic heterocycles. The molecule has 3 atom stereocenters. The highest BCUT2D eigenvalue weighted by molar-refractivity contribution is 5.77. The lowest BCUT2D eigenvalue weighted by Gasteiger charge is -2.27. The summed E-state index contributed by atoms with van der Waals surface area (Å²) in [5, 5.41) is 12.1. The second kappa shape index (κ2) is 9.30. The summed E-state index contributed by atoms with van der Waals surface area (Å²) >= 11 is 0. The van der Waals surface area contributed by atoms with Gasteiger partial charge in [0.2, 0.25) is 5.82 Å². The van der Waals surface area contributed by atoms with Gasteiger partial charge in [0.1, 0.15) is 12.4 Å². The van der Waals surface area contributed by atoms with Crippen LogP contribution in [0.1, 0.15) is 50.8 Å². The first-order valence-electron chi connectivity index (χ1n) is 10.4. The number of aliphatic carboxylic acids is 1. The van der Waals surface area contributed by atoms with Crippen LogP contribution in [0.4, 0.5) is 29.2 Å². The molecular formula is C22H26F4N4O2. The summed E-state index contributed by atoms with van der Waals surface area (Å²) in [7, 11) is 0. The van der Waals surface area contributed by atoms with Crippen molar-refractivity contribution in [3.8, 4) is 0 Å². The van der Waals surface area contributed by atoms with E-state index in [1.54, 1.807) is 4.90 Å². The van der Waals surface area contributed by atoms with Crippen LogP contribution in [-0.2, 0) is 11.0 Å². The Labute approximate surface area is 183 Å². The Kier molecular flexibility index (Phi) is 6.90. The van der Waals surface area contributed by atoms with E-state index in [9.17, 15) is 23.1 Å². The molecule has 1 fully saturated rings. The SMILES string of the molecule is CC(C)CC(Nc1ncnc(N2CC(C)CC2c2ccc(C(F)(F)F)cc2)c1F)C(=O)O. The van der Waals surface area contributed by atoms with Crippen molar-refractivity contribution in [3.63, 3.8) is 0 Å². The van der Waals surface area contributed by atoms with Crippen LogP contribution >= 0.6 is 0 Å². The molecule has 1 aromatic carbocycles. The number of carboxylic acid groups (broad SMARTS) is 1. The molecule has 2 aromatic rings. The van der Waals surface area contributed by atoms with Crippen molar-refractivity contribution in [2.24, 2.45) is 11.8 Å². The number of aromatic nitrogens is 2. The fourth-order valence-corrected chi connectivity index (χ4v) is 4.01. The monoisotopic (exact) mass is 454 g/mol. The molecule has 2 N–H and O–H groups in total. The molecule has 3 rings (SSSR count). The number of nitrogens with one attached hydrogen (secondary N) is 1. The van der Waals surface area contributed by atoms with E-state index < -0.39 is 29.6 Å². The molecule has 0 radical (unpaired) electrons. The fraction of sp³-hybridized carbons (Fsp3) is 0.500. The number of carbonyl (C=O) groups is 1. The summed E-state index contributed by atoms with van der Waals surface area (Å²) < 4.78 is 54.1. The van der Waals surface area contributed by atoms with Gasteiger partial charge in [0.15, 0.2) is 11.6 Å². The van der Waals surface area contributed by atoms with Gasteiger partial charge in [0.25, 0.3) is 0 Å². The highest BCUT2D eigenvalue weighted by Crippen LogP contribution is 2.40. The average Bonchev–Trinajstić information content (AvgIpc) is 3.09. The van der Waals surface area contributed by atoms with Crippen LogP contribution < -0.4 is 10.2 Å². The number of alkyl halides is 3. The summed E-state index contributed by atoms with van der Waals surface area (Å²) in [5.74, 6) is -1.90.